The van der Waals surface area contributed by atoms with Gasteiger partial charge >= 0.3 is 0 Å². The van der Waals surface area contributed by atoms with Gasteiger partial charge in [-0.2, -0.15) is 15.0 Å². The van der Waals surface area contributed by atoms with Crippen molar-refractivity contribution < 1.29 is 9.47 Å². The zero-order valence-electron chi connectivity index (χ0n) is 18.0. The number of methoxy groups -OCH3 is 2. The summed E-state index contributed by atoms with van der Waals surface area (Å²) < 4.78 is 12.8. The number of rotatable bonds is 7. The average molecular weight is 464 g/mol. The smallest absolute Gasteiger partial charge is 0.226 e. The van der Waals surface area contributed by atoms with Crippen LogP contribution >= 0.6 is 23.2 Å². The van der Waals surface area contributed by atoms with E-state index < -0.39 is 0 Å². The van der Waals surface area contributed by atoms with Gasteiger partial charge < -0.3 is 19.4 Å². The molecule has 1 N–H and O–H groups in total. The molecule has 0 bridgehead atoms. The van der Waals surface area contributed by atoms with Gasteiger partial charge in [0, 0.05) is 24.7 Å². The summed E-state index contributed by atoms with van der Waals surface area (Å²) in [6.07, 6.45) is 4.88. The zero-order valence-corrected chi connectivity index (χ0v) is 19.5. The van der Waals surface area contributed by atoms with Crippen LogP contribution in [0.4, 0.5) is 5.82 Å². The number of benzene rings is 1. The van der Waals surface area contributed by atoms with Crippen molar-refractivity contribution in [3.8, 4) is 11.5 Å². The van der Waals surface area contributed by atoms with Gasteiger partial charge in [-0.1, -0.05) is 19.8 Å². The van der Waals surface area contributed by atoms with Crippen LogP contribution in [-0.4, -0.2) is 33.7 Å². The van der Waals surface area contributed by atoms with Crippen molar-refractivity contribution in [3.05, 3.63) is 34.3 Å². The summed E-state index contributed by atoms with van der Waals surface area (Å²) in [5.74, 6) is 3.43. The van der Waals surface area contributed by atoms with Gasteiger partial charge in [0.1, 0.15) is 17.0 Å². The molecule has 7 nitrogen and oxygen atoms in total. The van der Waals surface area contributed by atoms with E-state index in [0.717, 1.165) is 35.0 Å². The second kappa shape index (κ2) is 9.49. The number of aromatic nitrogens is 4. The minimum atomic E-state index is 0.129. The van der Waals surface area contributed by atoms with Crippen LogP contribution in [0.2, 0.25) is 10.6 Å². The van der Waals surface area contributed by atoms with E-state index in [1.807, 2.05) is 22.8 Å². The van der Waals surface area contributed by atoms with Gasteiger partial charge in [-0.3, -0.25) is 0 Å². The second-order valence-corrected chi connectivity index (χ2v) is 8.84. The van der Waals surface area contributed by atoms with Crippen LogP contribution in [0.25, 0.3) is 11.2 Å². The van der Waals surface area contributed by atoms with E-state index in [1.165, 1.54) is 25.7 Å². The fourth-order valence-electron chi connectivity index (χ4n) is 4.22. The van der Waals surface area contributed by atoms with E-state index >= 15 is 0 Å². The molecule has 0 aliphatic heterocycles. The van der Waals surface area contributed by atoms with Crippen molar-refractivity contribution in [2.75, 3.05) is 19.5 Å². The molecule has 4 rings (SSSR count). The number of nitrogens with one attached hydrogen (secondary N) is 1. The first kappa shape index (κ1) is 22.0. The molecule has 31 heavy (non-hydrogen) atoms. The number of halogens is 2. The third-order valence-corrected chi connectivity index (χ3v) is 6.50. The predicted molar refractivity (Wildman–Crippen MR) is 123 cm³/mol. The summed E-state index contributed by atoms with van der Waals surface area (Å²) in [6, 6.07) is 5.70. The molecule has 1 aliphatic carbocycles. The quantitative estimate of drug-likeness (QED) is 0.363. The normalized spacial score (nSPS) is 18.9. The highest BCUT2D eigenvalue weighted by atomic mass is 35.5. The Morgan fingerprint density at radius 2 is 1.84 bits per heavy atom. The Morgan fingerprint density at radius 1 is 1.06 bits per heavy atom. The van der Waals surface area contributed by atoms with Crippen LogP contribution in [0.1, 0.15) is 38.2 Å². The van der Waals surface area contributed by atoms with Gasteiger partial charge in [0.2, 0.25) is 10.6 Å². The Labute approximate surface area is 192 Å². The van der Waals surface area contributed by atoms with E-state index in [9.17, 15) is 0 Å². The second-order valence-electron chi connectivity index (χ2n) is 8.16. The molecule has 0 spiro atoms. The molecule has 1 saturated carbocycles. The fourth-order valence-corrected chi connectivity index (χ4v) is 4.62. The van der Waals surface area contributed by atoms with Crippen molar-refractivity contribution in [3.63, 3.8) is 0 Å². The predicted octanol–water partition coefficient (Wildman–Crippen LogP) is 5.59. The minimum Gasteiger partial charge on any atom is -0.497 e. The molecule has 9 heteroatoms. The maximum atomic E-state index is 6.52. The first-order valence-electron chi connectivity index (χ1n) is 10.5. The Kier molecular flexibility index (Phi) is 6.72. The largest absolute Gasteiger partial charge is 0.497 e. The fraction of sp³-hybridized carbons (Fsp3) is 0.500. The van der Waals surface area contributed by atoms with Gasteiger partial charge in [-0.05, 0) is 60.0 Å². The first-order valence-corrected chi connectivity index (χ1v) is 11.3. The number of fused-ring (bicyclic) bond motifs is 1. The van der Waals surface area contributed by atoms with Gasteiger partial charge in [0.25, 0.3) is 0 Å². The number of hydrogen-bond donors (Lipinski definition) is 1. The van der Waals surface area contributed by atoms with Crippen molar-refractivity contribution in [1.82, 2.24) is 19.5 Å². The van der Waals surface area contributed by atoms with Crippen molar-refractivity contribution in [1.29, 1.82) is 0 Å². The SMILES string of the molecule is COc1ccc(CNc2nc(Cl)nc3nc(Cl)n(CC4CCC(C)CC4)c23)c(OC)c1. The molecule has 0 saturated heterocycles. The van der Waals surface area contributed by atoms with E-state index in [1.54, 1.807) is 14.2 Å². The number of nitrogens with zero attached hydrogens (tertiary/aromatic N) is 4. The number of imidazole rings is 1. The zero-order chi connectivity index (χ0) is 22.0. The summed E-state index contributed by atoms with van der Waals surface area (Å²) in [6.45, 7) is 3.61. The lowest BCUT2D eigenvalue weighted by atomic mass is 9.83. The van der Waals surface area contributed by atoms with Crippen LogP contribution in [0.5, 0.6) is 11.5 Å². The topological polar surface area (TPSA) is 74.1 Å². The van der Waals surface area contributed by atoms with Gasteiger partial charge in [0.15, 0.2) is 11.5 Å². The molecule has 1 aromatic carbocycles. The maximum Gasteiger partial charge on any atom is 0.226 e. The summed E-state index contributed by atoms with van der Waals surface area (Å²) in [4.78, 5) is 13.2. The van der Waals surface area contributed by atoms with Crippen LogP contribution in [0.3, 0.4) is 0 Å². The average Bonchev–Trinajstić information content (AvgIpc) is 3.08. The van der Waals surface area contributed by atoms with Crippen molar-refractivity contribution in [2.45, 2.75) is 45.7 Å². The number of anilines is 1. The molecule has 1 fully saturated rings. The summed E-state index contributed by atoms with van der Waals surface area (Å²) in [5.41, 5.74) is 2.24. The molecule has 2 aromatic heterocycles. The van der Waals surface area contributed by atoms with Crippen LogP contribution in [-0.2, 0) is 13.1 Å². The Morgan fingerprint density at radius 3 is 2.55 bits per heavy atom. The highest BCUT2D eigenvalue weighted by molar-refractivity contribution is 6.30. The van der Waals surface area contributed by atoms with Crippen LogP contribution in [0, 0.1) is 11.8 Å². The Bertz CT molecular complexity index is 1060. The van der Waals surface area contributed by atoms with E-state index in [2.05, 4.69) is 27.2 Å². The molecule has 0 radical (unpaired) electrons. The maximum absolute atomic E-state index is 6.52. The van der Waals surface area contributed by atoms with E-state index in [-0.39, 0.29) is 5.28 Å². The summed E-state index contributed by atoms with van der Waals surface area (Å²) >= 11 is 12.7. The summed E-state index contributed by atoms with van der Waals surface area (Å²) in [7, 11) is 3.27. The van der Waals surface area contributed by atoms with E-state index in [0.29, 0.717) is 29.2 Å². The lowest BCUT2D eigenvalue weighted by Crippen LogP contribution is -2.18. The molecular formula is C22H27Cl2N5O2. The lowest BCUT2D eigenvalue weighted by Gasteiger charge is -2.26. The lowest BCUT2D eigenvalue weighted by molar-refractivity contribution is 0.266. The standard InChI is InChI=1S/C22H27Cl2N5O2/c1-13-4-6-14(7-5-13)12-29-18-19(26-21(23)27-20(18)28-22(29)24)25-11-15-8-9-16(30-2)10-17(15)31-3/h8-10,13-14H,4-7,11-12H2,1-3H3,(H,25,26,27). The number of ether oxygens (including phenoxy) is 2. The molecule has 1 aliphatic rings. The van der Waals surface area contributed by atoms with Gasteiger partial charge in [-0.15, -0.1) is 0 Å². The highest BCUT2D eigenvalue weighted by Crippen LogP contribution is 2.33. The van der Waals surface area contributed by atoms with Crippen LogP contribution < -0.4 is 14.8 Å². The molecule has 0 amide bonds. The Hall–Kier alpha value is -2.25. The molecular weight excluding hydrogens is 437 g/mol. The third-order valence-electron chi connectivity index (χ3n) is 6.05. The molecule has 166 valence electrons. The van der Waals surface area contributed by atoms with Crippen molar-refractivity contribution >= 4 is 40.2 Å². The van der Waals surface area contributed by atoms with E-state index in [4.69, 9.17) is 32.7 Å². The minimum absolute atomic E-state index is 0.129. The monoisotopic (exact) mass is 463 g/mol. The summed E-state index contributed by atoms with van der Waals surface area (Å²) in [5, 5.41) is 3.92. The van der Waals surface area contributed by atoms with Gasteiger partial charge in [-0.25, -0.2) is 0 Å². The number of hydrogen-bond acceptors (Lipinski definition) is 6. The van der Waals surface area contributed by atoms with Crippen molar-refractivity contribution in [2.24, 2.45) is 11.8 Å². The first-order chi connectivity index (χ1) is 15.0. The molecule has 3 aromatic rings. The molecule has 2 heterocycles. The van der Waals surface area contributed by atoms with Crippen LogP contribution in [0.15, 0.2) is 18.2 Å². The highest BCUT2D eigenvalue weighted by Gasteiger charge is 2.23. The molecule has 0 atom stereocenters. The third kappa shape index (κ3) is 4.83. The Balaban J connectivity index is 1.63. The molecule has 0 unspecified atom stereocenters. The van der Waals surface area contributed by atoms with Gasteiger partial charge in [0.05, 0.1) is 14.2 Å².